The molecule has 2 rings (SSSR count). The van der Waals surface area contributed by atoms with Gasteiger partial charge >= 0.3 is 0 Å². The highest BCUT2D eigenvalue weighted by molar-refractivity contribution is 14.1. The summed E-state index contributed by atoms with van der Waals surface area (Å²) in [6, 6.07) is 0. The van der Waals surface area contributed by atoms with Gasteiger partial charge in [0.05, 0.1) is 0 Å². The Morgan fingerprint density at radius 3 is 2.36 bits per heavy atom. The average Bonchev–Trinajstić information content (AvgIpc) is 2.09. The summed E-state index contributed by atoms with van der Waals surface area (Å²) in [5.74, 6) is 0. The van der Waals surface area contributed by atoms with Crippen LogP contribution in [0.2, 0.25) is 0 Å². The maximum Gasteiger partial charge on any atom is 0.0201 e. The van der Waals surface area contributed by atoms with Crippen molar-refractivity contribution in [2.45, 2.75) is 38.5 Å². The highest BCUT2D eigenvalue weighted by atomic mass is 127. The number of hydrogen-bond acceptors (Lipinski definition) is 1. The molecule has 2 fully saturated rings. The zero-order chi connectivity index (χ0) is 7.73. The minimum absolute atomic E-state index is 0.775. The van der Waals surface area contributed by atoms with Crippen LogP contribution in [-0.2, 0) is 0 Å². The van der Waals surface area contributed by atoms with E-state index in [-0.39, 0.29) is 0 Å². The number of rotatable bonds is 0. The molecule has 1 aliphatic carbocycles. The van der Waals surface area contributed by atoms with Crippen LogP contribution in [0.5, 0.6) is 0 Å². The minimum atomic E-state index is 0.775. The highest BCUT2D eigenvalue weighted by Gasteiger charge is 2.38. The van der Waals surface area contributed by atoms with Gasteiger partial charge in [-0.3, -0.25) is 0 Å². The molecule has 0 aromatic rings. The summed E-state index contributed by atoms with van der Waals surface area (Å²) in [6.45, 7) is 2.69. The second-order valence-electron chi connectivity index (χ2n) is 4.16. The fraction of sp³-hybridized carbons (Fsp3) is 1.00. The van der Waals surface area contributed by atoms with Crippen LogP contribution in [0.25, 0.3) is 0 Å². The van der Waals surface area contributed by atoms with Crippen LogP contribution in [-0.4, -0.2) is 16.2 Å². The molecular weight excluding hydrogens is 249 g/mol. The second-order valence-corrected chi connectivity index (χ2v) is 5.52. The van der Waals surface area contributed by atoms with Gasteiger partial charge in [-0.05, 0) is 31.1 Å². The molecule has 0 N–H and O–H groups in total. The molecule has 0 radical (unpaired) electrons. The standard InChI is InChI=1S/C9H16IN/c10-11-7-2-1-4-9(8-11)5-3-6-9/h1-8H2. The molecular formula is C9H16IN. The summed E-state index contributed by atoms with van der Waals surface area (Å²) in [6.07, 6.45) is 8.90. The number of nitrogens with zero attached hydrogens (tertiary/aromatic N) is 1. The smallest absolute Gasteiger partial charge is 0.0201 e. The van der Waals surface area contributed by atoms with Crippen molar-refractivity contribution in [1.82, 2.24) is 3.11 Å². The van der Waals surface area contributed by atoms with E-state index in [0.29, 0.717) is 0 Å². The molecule has 0 bridgehead atoms. The normalized spacial score (nSPS) is 31.4. The Morgan fingerprint density at radius 2 is 1.73 bits per heavy atom. The lowest BCUT2D eigenvalue weighted by Crippen LogP contribution is -2.37. The molecule has 0 aromatic carbocycles. The molecule has 1 aliphatic heterocycles. The van der Waals surface area contributed by atoms with E-state index < -0.39 is 0 Å². The quantitative estimate of drug-likeness (QED) is 0.480. The molecule has 1 heterocycles. The number of hydrogen-bond donors (Lipinski definition) is 0. The topological polar surface area (TPSA) is 3.24 Å². The lowest BCUT2D eigenvalue weighted by atomic mass is 9.66. The zero-order valence-electron chi connectivity index (χ0n) is 6.98. The van der Waals surface area contributed by atoms with Crippen LogP contribution in [0.3, 0.4) is 0 Å². The van der Waals surface area contributed by atoms with E-state index in [1.165, 1.54) is 51.6 Å². The maximum absolute atomic E-state index is 2.50. The van der Waals surface area contributed by atoms with Crippen LogP contribution < -0.4 is 0 Å². The van der Waals surface area contributed by atoms with E-state index in [0.717, 1.165) is 5.41 Å². The molecule has 1 spiro atoms. The molecule has 1 saturated carbocycles. The molecule has 2 aliphatic rings. The van der Waals surface area contributed by atoms with Crippen molar-refractivity contribution in [2.75, 3.05) is 13.1 Å². The van der Waals surface area contributed by atoms with Crippen molar-refractivity contribution in [3.8, 4) is 0 Å². The third kappa shape index (κ3) is 1.72. The van der Waals surface area contributed by atoms with Gasteiger partial charge in [-0.1, -0.05) is 12.8 Å². The largest absolute Gasteiger partial charge is 0.247 e. The van der Waals surface area contributed by atoms with Crippen molar-refractivity contribution >= 4 is 22.9 Å². The van der Waals surface area contributed by atoms with Gasteiger partial charge in [0.2, 0.25) is 0 Å². The number of halogens is 1. The first-order chi connectivity index (χ1) is 5.31. The highest BCUT2D eigenvalue weighted by Crippen LogP contribution is 2.47. The average molecular weight is 265 g/mol. The first-order valence-electron chi connectivity index (χ1n) is 4.72. The van der Waals surface area contributed by atoms with Crippen molar-refractivity contribution in [3.05, 3.63) is 0 Å². The van der Waals surface area contributed by atoms with Crippen molar-refractivity contribution < 1.29 is 0 Å². The van der Waals surface area contributed by atoms with Crippen LogP contribution in [0, 0.1) is 5.41 Å². The summed E-state index contributed by atoms with van der Waals surface area (Å²) >= 11 is 2.50. The summed E-state index contributed by atoms with van der Waals surface area (Å²) < 4.78 is 2.50. The van der Waals surface area contributed by atoms with E-state index in [2.05, 4.69) is 26.0 Å². The zero-order valence-corrected chi connectivity index (χ0v) is 9.14. The monoisotopic (exact) mass is 265 g/mol. The van der Waals surface area contributed by atoms with Gasteiger partial charge in [-0.25, -0.2) is 3.11 Å². The molecule has 1 nitrogen and oxygen atoms in total. The van der Waals surface area contributed by atoms with E-state index in [1.807, 2.05) is 0 Å². The van der Waals surface area contributed by atoms with E-state index >= 15 is 0 Å². The maximum atomic E-state index is 2.50. The van der Waals surface area contributed by atoms with Gasteiger partial charge in [0.15, 0.2) is 0 Å². The Hall–Kier alpha value is 0.690. The Bertz CT molecular complexity index is 142. The van der Waals surface area contributed by atoms with Crippen LogP contribution in [0.4, 0.5) is 0 Å². The predicted octanol–water partition coefficient (Wildman–Crippen LogP) is 2.99. The van der Waals surface area contributed by atoms with Crippen LogP contribution in [0.15, 0.2) is 0 Å². The molecule has 2 heteroatoms. The van der Waals surface area contributed by atoms with Crippen LogP contribution >= 0.6 is 22.9 Å². The van der Waals surface area contributed by atoms with Gasteiger partial charge in [-0.2, -0.15) is 0 Å². The minimum Gasteiger partial charge on any atom is -0.247 e. The third-order valence-electron chi connectivity index (χ3n) is 3.28. The molecule has 64 valence electrons. The lowest BCUT2D eigenvalue weighted by molar-refractivity contribution is 0.109. The van der Waals surface area contributed by atoms with Crippen molar-refractivity contribution in [2.24, 2.45) is 5.41 Å². The first-order valence-corrected chi connectivity index (χ1v) is 5.68. The van der Waals surface area contributed by atoms with Crippen molar-refractivity contribution in [1.29, 1.82) is 0 Å². The van der Waals surface area contributed by atoms with E-state index in [4.69, 9.17) is 0 Å². The molecule has 0 atom stereocenters. The Balaban J connectivity index is 1.97. The molecule has 1 saturated heterocycles. The lowest BCUT2D eigenvalue weighted by Gasteiger charge is -2.42. The third-order valence-corrected chi connectivity index (χ3v) is 4.10. The fourth-order valence-corrected chi connectivity index (χ4v) is 3.46. The molecule has 0 amide bonds. The van der Waals surface area contributed by atoms with Crippen molar-refractivity contribution in [3.63, 3.8) is 0 Å². The predicted molar refractivity (Wildman–Crippen MR) is 55.7 cm³/mol. The Labute approximate surface area is 83.0 Å². The van der Waals surface area contributed by atoms with Gasteiger partial charge in [0.1, 0.15) is 0 Å². The fourth-order valence-electron chi connectivity index (χ4n) is 2.39. The van der Waals surface area contributed by atoms with Gasteiger partial charge in [0, 0.05) is 36.0 Å². The summed E-state index contributed by atoms with van der Waals surface area (Å²) in [5.41, 5.74) is 0.775. The van der Waals surface area contributed by atoms with Gasteiger partial charge in [-0.15, -0.1) is 0 Å². The molecule has 0 unspecified atom stereocenters. The SMILES string of the molecule is IN1CCCCC2(CCC2)C1. The molecule has 11 heavy (non-hydrogen) atoms. The van der Waals surface area contributed by atoms with E-state index in [1.54, 1.807) is 0 Å². The summed E-state index contributed by atoms with van der Waals surface area (Å²) in [7, 11) is 0. The summed E-state index contributed by atoms with van der Waals surface area (Å²) in [5, 5.41) is 0. The summed E-state index contributed by atoms with van der Waals surface area (Å²) in [4.78, 5) is 0. The Kier molecular flexibility index (Phi) is 2.42. The van der Waals surface area contributed by atoms with Gasteiger partial charge in [0.25, 0.3) is 0 Å². The van der Waals surface area contributed by atoms with Gasteiger partial charge < -0.3 is 0 Å². The Morgan fingerprint density at radius 1 is 1.00 bits per heavy atom. The second kappa shape index (κ2) is 3.21. The molecule has 0 aromatic heterocycles. The van der Waals surface area contributed by atoms with Crippen LogP contribution in [0.1, 0.15) is 38.5 Å². The van der Waals surface area contributed by atoms with E-state index in [9.17, 15) is 0 Å². The first kappa shape index (κ1) is 8.30.